The van der Waals surface area contributed by atoms with E-state index in [-0.39, 0.29) is 0 Å². The van der Waals surface area contributed by atoms with Gasteiger partial charge in [-0.1, -0.05) is 23.7 Å². The molecule has 5 heteroatoms. The summed E-state index contributed by atoms with van der Waals surface area (Å²) in [6.07, 6.45) is 2.76. The zero-order chi connectivity index (χ0) is 17.8. The van der Waals surface area contributed by atoms with Gasteiger partial charge in [0.25, 0.3) is 0 Å². The molecule has 2 aromatic rings. The van der Waals surface area contributed by atoms with Gasteiger partial charge >= 0.3 is 0 Å². The number of likely N-dealkylation sites (tertiary alicyclic amines) is 1. The van der Waals surface area contributed by atoms with Crippen LogP contribution in [0, 0.1) is 0 Å². The van der Waals surface area contributed by atoms with E-state index in [1.165, 1.54) is 39.0 Å². The summed E-state index contributed by atoms with van der Waals surface area (Å²) in [5.74, 6) is 1.88. The maximum atomic E-state index is 6.27. The molecule has 0 unspecified atom stereocenters. The summed E-state index contributed by atoms with van der Waals surface area (Å²) in [4.78, 5) is 7.69. The van der Waals surface area contributed by atoms with Crippen molar-refractivity contribution < 1.29 is 4.42 Å². The molecule has 0 bridgehead atoms. The first-order chi connectivity index (χ1) is 12.8. The second-order valence-corrected chi connectivity index (χ2v) is 7.82. The number of furan rings is 1. The minimum Gasteiger partial charge on any atom is -0.460 e. The van der Waals surface area contributed by atoms with Crippen LogP contribution < -0.4 is 0 Å². The highest BCUT2D eigenvalue weighted by molar-refractivity contribution is 6.33. The minimum atomic E-state index is 0.736. The Morgan fingerprint density at radius 2 is 1.42 bits per heavy atom. The molecule has 0 atom stereocenters. The van der Waals surface area contributed by atoms with Gasteiger partial charge in [0.1, 0.15) is 11.5 Å². The van der Waals surface area contributed by atoms with E-state index in [0.717, 1.165) is 54.8 Å². The lowest BCUT2D eigenvalue weighted by Gasteiger charge is -2.35. The first-order valence-corrected chi connectivity index (χ1v) is 10.2. The van der Waals surface area contributed by atoms with Gasteiger partial charge in [0.05, 0.1) is 11.6 Å². The third-order valence-electron chi connectivity index (χ3n) is 5.58. The first kappa shape index (κ1) is 18.1. The van der Waals surface area contributed by atoms with Crippen molar-refractivity contribution in [3.05, 3.63) is 47.2 Å². The average Bonchev–Trinajstić information content (AvgIpc) is 3.34. The Morgan fingerprint density at radius 1 is 0.769 bits per heavy atom. The molecule has 2 aliphatic rings. The van der Waals surface area contributed by atoms with Crippen LogP contribution in [0.3, 0.4) is 0 Å². The Hall–Kier alpha value is -1.33. The molecule has 26 heavy (non-hydrogen) atoms. The largest absolute Gasteiger partial charge is 0.460 e. The van der Waals surface area contributed by atoms with Crippen LogP contribution in [0.2, 0.25) is 5.02 Å². The van der Waals surface area contributed by atoms with Crippen LogP contribution in [-0.2, 0) is 6.54 Å². The van der Waals surface area contributed by atoms with Gasteiger partial charge in [-0.3, -0.25) is 9.80 Å². The third kappa shape index (κ3) is 4.49. The highest BCUT2D eigenvalue weighted by atomic mass is 35.5. The summed E-state index contributed by atoms with van der Waals surface area (Å²) in [6, 6.07) is 12.0. The Labute approximate surface area is 161 Å². The monoisotopic (exact) mass is 373 g/mol. The smallest absolute Gasteiger partial charge is 0.135 e. The fourth-order valence-corrected chi connectivity index (χ4v) is 4.18. The molecule has 3 heterocycles. The molecule has 0 amide bonds. The van der Waals surface area contributed by atoms with Crippen molar-refractivity contribution in [2.45, 2.75) is 19.4 Å². The van der Waals surface area contributed by atoms with E-state index >= 15 is 0 Å². The summed E-state index contributed by atoms with van der Waals surface area (Å²) < 4.78 is 6.05. The van der Waals surface area contributed by atoms with E-state index < -0.39 is 0 Å². The van der Waals surface area contributed by atoms with Crippen molar-refractivity contribution in [2.24, 2.45) is 0 Å². The topological polar surface area (TPSA) is 22.9 Å². The number of hydrogen-bond donors (Lipinski definition) is 0. The third-order valence-corrected chi connectivity index (χ3v) is 5.91. The molecule has 1 aromatic carbocycles. The molecular formula is C21H28ClN3O. The van der Waals surface area contributed by atoms with Crippen LogP contribution >= 0.6 is 11.6 Å². The minimum absolute atomic E-state index is 0.736. The highest BCUT2D eigenvalue weighted by Gasteiger charge is 2.19. The zero-order valence-corrected chi connectivity index (χ0v) is 16.1. The molecule has 0 aliphatic carbocycles. The summed E-state index contributed by atoms with van der Waals surface area (Å²) in [6.45, 7) is 10.5. The van der Waals surface area contributed by atoms with Crippen LogP contribution in [0.5, 0.6) is 0 Å². The Bertz CT molecular complexity index is 703. The SMILES string of the molecule is Clc1ccccc1-c1ccc(CN2CCN(CCN3CCCC3)CC2)o1. The van der Waals surface area contributed by atoms with Crippen LogP contribution in [0.1, 0.15) is 18.6 Å². The Morgan fingerprint density at radius 3 is 2.15 bits per heavy atom. The molecule has 4 nitrogen and oxygen atoms in total. The zero-order valence-electron chi connectivity index (χ0n) is 15.4. The number of rotatable bonds is 6. The van der Waals surface area contributed by atoms with Crippen molar-refractivity contribution in [3.63, 3.8) is 0 Å². The van der Waals surface area contributed by atoms with Crippen LogP contribution in [0.4, 0.5) is 0 Å². The van der Waals surface area contributed by atoms with Crippen LogP contribution in [-0.4, -0.2) is 67.1 Å². The second-order valence-electron chi connectivity index (χ2n) is 7.41. The van der Waals surface area contributed by atoms with E-state index in [4.69, 9.17) is 16.0 Å². The van der Waals surface area contributed by atoms with Gasteiger partial charge in [-0.2, -0.15) is 0 Å². The predicted octanol–water partition coefficient (Wildman–Crippen LogP) is 3.81. The molecule has 4 rings (SSSR count). The van der Waals surface area contributed by atoms with Crippen LogP contribution in [0.25, 0.3) is 11.3 Å². The molecule has 0 spiro atoms. The second kappa shape index (κ2) is 8.57. The average molecular weight is 374 g/mol. The molecule has 0 radical (unpaired) electrons. The number of benzene rings is 1. The van der Waals surface area contributed by atoms with E-state index in [1.54, 1.807) is 0 Å². The normalized spacial score (nSPS) is 20.0. The van der Waals surface area contributed by atoms with Crippen LogP contribution in [0.15, 0.2) is 40.8 Å². The van der Waals surface area contributed by atoms with Gasteiger partial charge in [0.15, 0.2) is 0 Å². The molecule has 2 fully saturated rings. The number of halogens is 1. The van der Waals surface area contributed by atoms with Crippen molar-refractivity contribution in [1.82, 2.24) is 14.7 Å². The molecule has 140 valence electrons. The van der Waals surface area contributed by atoms with Gasteiger partial charge in [0.2, 0.25) is 0 Å². The Kier molecular flexibility index (Phi) is 5.95. The molecule has 2 aliphatic heterocycles. The molecule has 0 N–H and O–H groups in total. The highest BCUT2D eigenvalue weighted by Crippen LogP contribution is 2.29. The lowest BCUT2D eigenvalue weighted by atomic mass is 10.2. The predicted molar refractivity (Wildman–Crippen MR) is 107 cm³/mol. The molecule has 1 aromatic heterocycles. The van der Waals surface area contributed by atoms with Crippen molar-refractivity contribution in [2.75, 3.05) is 52.4 Å². The fourth-order valence-electron chi connectivity index (χ4n) is 3.95. The lowest BCUT2D eigenvalue weighted by molar-refractivity contribution is 0.112. The van der Waals surface area contributed by atoms with Crippen molar-refractivity contribution in [3.8, 4) is 11.3 Å². The van der Waals surface area contributed by atoms with E-state index in [0.29, 0.717) is 0 Å². The van der Waals surface area contributed by atoms with E-state index in [1.807, 2.05) is 30.3 Å². The summed E-state index contributed by atoms with van der Waals surface area (Å²) in [5, 5.41) is 0.736. The number of piperazine rings is 1. The molecule has 2 saturated heterocycles. The standard InChI is InChI=1S/C21H28ClN3O/c22-20-6-2-1-5-19(20)21-8-7-18(26-21)17-25-15-13-24(14-16-25)12-11-23-9-3-4-10-23/h1-2,5-8H,3-4,9-17H2. The summed E-state index contributed by atoms with van der Waals surface area (Å²) in [7, 11) is 0. The maximum Gasteiger partial charge on any atom is 0.135 e. The Balaban J connectivity index is 1.25. The van der Waals surface area contributed by atoms with E-state index in [9.17, 15) is 0 Å². The van der Waals surface area contributed by atoms with Crippen molar-refractivity contribution in [1.29, 1.82) is 0 Å². The van der Waals surface area contributed by atoms with Gasteiger partial charge in [-0.25, -0.2) is 0 Å². The lowest BCUT2D eigenvalue weighted by Crippen LogP contribution is -2.47. The molecular weight excluding hydrogens is 346 g/mol. The van der Waals surface area contributed by atoms with Gasteiger partial charge in [-0.05, 0) is 50.2 Å². The van der Waals surface area contributed by atoms with Gasteiger partial charge in [-0.15, -0.1) is 0 Å². The number of hydrogen-bond acceptors (Lipinski definition) is 4. The number of nitrogens with zero attached hydrogens (tertiary/aromatic N) is 3. The molecule has 0 saturated carbocycles. The van der Waals surface area contributed by atoms with Gasteiger partial charge < -0.3 is 9.32 Å². The summed E-state index contributed by atoms with van der Waals surface area (Å²) >= 11 is 6.27. The first-order valence-electron chi connectivity index (χ1n) is 9.78. The summed E-state index contributed by atoms with van der Waals surface area (Å²) in [5.41, 5.74) is 0.965. The van der Waals surface area contributed by atoms with Gasteiger partial charge in [0, 0.05) is 44.8 Å². The fraction of sp³-hybridized carbons (Fsp3) is 0.524. The van der Waals surface area contributed by atoms with E-state index in [2.05, 4.69) is 20.8 Å². The quantitative estimate of drug-likeness (QED) is 0.767. The maximum absolute atomic E-state index is 6.27. The van der Waals surface area contributed by atoms with Crippen molar-refractivity contribution >= 4 is 11.6 Å².